The molecule has 2 amide bonds. The van der Waals surface area contributed by atoms with Gasteiger partial charge in [0.05, 0.1) is 23.5 Å². The molecule has 4 aromatic rings. The number of anilines is 1. The predicted octanol–water partition coefficient (Wildman–Crippen LogP) is 3.54. The zero-order chi connectivity index (χ0) is 30.7. The molecule has 0 saturated carbocycles. The number of carbonyl (C=O) groups is 2. The number of pyridine rings is 1. The van der Waals surface area contributed by atoms with Crippen LogP contribution >= 0.6 is 0 Å². The molecule has 0 aliphatic carbocycles. The van der Waals surface area contributed by atoms with Gasteiger partial charge in [-0.15, -0.1) is 0 Å². The van der Waals surface area contributed by atoms with Crippen molar-refractivity contribution < 1.29 is 18.4 Å². The van der Waals surface area contributed by atoms with Gasteiger partial charge in [0.1, 0.15) is 18.0 Å². The van der Waals surface area contributed by atoms with Crippen LogP contribution in [0.1, 0.15) is 53.5 Å². The van der Waals surface area contributed by atoms with Crippen LogP contribution in [0.2, 0.25) is 0 Å². The van der Waals surface area contributed by atoms with E-state index in [0.29, 0.717) is 44.7 Å². The molecule has 0 bridgehead atoms. The Balaban J connectivity index is 1.15. The van der Waals surface area contributed by atoms with Crippen molar-refractivity contribution >= 4 is 23.1 Å². The number of amides is 2. The third-order valence-electron chi connectivity index (χ3n) is 9.15. The highest BCUT2D eigenvalue weighted by atomic mass is 19.1. The molecule has 3 aliphatic heterocycles. The molecule has 2 atom stereocenters. The van der Waals surface area contributed by atoms with Gasteiger partial charge in [-0.3, -0.25) is 14.5 Å². The highest BCUT2D eigenvalue weighted by Gasteiger charge is 2.43. The van der Waals surface area contributed by atoms with E-state index in [9.17, 15) is 18.4 Å². The summed E-state index contributed by atoms with van der Waals surface area (Å²) >= 11 is 0. The van der Waals surface area contributed by atoms with Gasteiger partial charge < -0.3 is 15.1 Å². The second kappa shape index (κ2) is 10.7. The SMILES string of the molecule is C[C@@H]1CN(CC(=O)N2CC(C)(C)c3c2cc(Cc2ccc(F)cc2)c2ncnn32)[C@@H](CN2Cc3cccc(F)c3C2=O)CN1. The Morgan fingerprint density at radius 1 is 1.14 bits per heavy atom. The Morgan fingerprint density at radius 2 is 1.93 bits per heavy atom. The minimum atomic E-state index is -0.493. The maximum Gasteiger partial charge on any atom is 0.257 e. The summed E-state index contributed by atoms with van der Waals surface area (Å²) in [6.07, 6.45) is 2.04. The monoisotopic (exact) mass is 599 g/mol. The number of carbonyl (C=O) groups excluding carboxylic acids is 2. The van der Waals surface area contributed by atoms with Crippen LogP contribution in [0.15, 0.2) is 54.9 Å². The Morgan fingerprint density at radius 3 is 2.70 bits per heavy atom. The van der Waals surface area contributed by atoms with Crippen molar-refractivity contribution in [2.75, 3.05) is 37.6 Å². The first kappa shape index (κ1) is 28.5. The lowest BCUT2D eigenvalue weighted by Gasteiger charge is -2.41. The summed E-state index contributed by atoms with van der Waals surface area (Å²) in [5, 5.41) is 8.03. The molecule has 7 rings (SSSR count). The molecule has 0 unspecified atom stereocenters. The third-order valence-corrected chi connectivity index (χ3v) is 9.15. The van der Waals surface area contributed by atoms with Gasteiger partial charge in [-0.25, -0.2) is 18.3 Å². The lowest BCUT2D eigenvalue weighted by Crippen LogP contribution is -2.60. The quantitative estimate of drug-likeness (QED) is 0.365. The number of hydrogen-bond donors (Lipinski definition) is 1. The minimum absolute atomic E-state index is 0.0369. The first-order valence-corrected chi connectivity index (χ1v) is 15.0. The van der Waals surface area contributed by atoms with E-state index in [0.717, 1.165) is 28.2 Å². The highest BCUT2D eigenvalue weighted by molar-refractivity contribution is 5.99. The summed E-state index contributed by atoms with van der Waals surface area (Å²) in [4.78, 5) is 37.5. The number of hydrogen-bond acceptors (Lipinski definition) is 6. The molecular formula is C33H35F2N7O2. The van der Waals surface area contributed by atoms with Gasteiger partial charge in [-0.05, 0) is 42.3 Å². The molecule has 44 heavy (non-hydrogen) atoms. The van der Waals surface area contributed by atoms with Gasteiger partial charge in [-0.1, -0.05) is 38.1 Å². The topological polar surface area (TPSA) is 86.1 Å². The number of halogens is 2. The van der Waals surface area contributed by atoms with Gasteiger partial charge in [0.2, 0.25) is 5.91 Å². The fourth-order valence-corrected chi connectivity index (χ4v) is 7.04. The average molecular weight is 600 g/mol. The van der Waals surface area contributed by atoms with Crippen LogP contribution in [-0.2, 0) is 23.2 Å². The smallest absolute Gasteiger partial charge is 0.257 e. The van der Waals surface area contributed by atoms with E-state index in [4.69, 9.17) is 0 Å². The summed E-state index contributed by atoms with van der Waals surface area (Å²) in [6, 6.07) is 13.2. The van der Waals surface area contributed by atoms with Gasteiger partial charge >= 0.3 is 0 Å². The Kier molecular flexibility index (Phi) is 6.97. The van der Waals surface area contributed by atoms with Crippen LogP contribution in [-0.4, -0.2) is 81.0 Å². The lowest BCUT2D eigenvalue weighted by atomic mass is 9.90. The van der Waals surface area contributed by atoms with Crippen LogP contribution in [0.25, 0.3) is 5.65 Å². The summed E-state index contributed by atoms with van der Waals surface area (Å²) < 4.78 is 29.9. The summed E-state index contributed by atoms with van der Waals surface area (Å²) in [5.41, 5.74) is 4.75. The standard InChI is InChI=1S/C33H35F2N7O2/c1-20-14-39(25(13-36-20)16-40-15-22-5-4-6-26(35)29(22)32(40)44)17-28(43)41-18-33(2,3)30-27(41)12-23(31-37-19-38-42(30)31)11-21-7-9-24(34)10-8-21/h4-10,12,19-20,25,36H,11,13-18H2,1-3H3/t20-,25-/m1/s1. The van der Waals surface area contributed by atoms with Crippen molar-refractivity contribution in [3.05, 3.63) is 94.4 Å². The third kappa shape index (κ3) is 4.93. The fraction of sp³-hybridized carbons (Fsp3) is 0.394. The first-order chi connectivity index (χ1) is 21.1. The largest absolute Gasteiger partial charge is 0.333 e. The molecule has 3 aliphatic rings. The number of aromatic nitrogens is 3. The number of benzene rings is 2. The molecule has 1 saturated heterocycles. The second-order valence-corrected chi connectivity index (χ2v) is 12.9. The summed E-state index contributed by atoms with van der Waals surface area (Å²) in [6.45, 7) is 8.96. The lowest BCUT2D eigenvalue weighted by molar-refractivity contribution is -0.120. The normalized spacial score (nSPS) is 21.2. The molecule has 1 fully saturated rings. The molecule has 2 aromatic heterocycles. The van der Waals surface area contributed by atoms with Crippen molar-refractivity contribution in [3.8, 4) is 0 Å². The van der Waals surface area contributed by atoms with Crippen LogP contribution < -0.4 is 10.2 Å². The van der Waals surface area contributed by atoms with Crippen LogP contribution in [0.3, 0.4) is 0 Å². The van der Waals surface area contributed by atoms with Gasteiger partial charge in [-0.2, -0.15) is 5.10 Å². The van der Waals surface area contributed by atoms with Gasteiger partial charge in [0.25, 0.3) is 5.91 Å². The van der Waals surface area contributed by atoms with Gasteiger partial charge in [0, 0.05) is 62.2 Å². The molecule has 9 nitrogen and oxygen atoms in total. The van der Waals surface area contributed by atoms with E-state index in [1.807, 2.05) is 15.5 Å². The van der Waals surface area contributed by atoms with E-state index in [-0.39, 0.29) is 47.2 Å². The van der Waals surface area contributed by atoms with E-state index in [1.54, 1.807) is 29.2 Å². The highest BCUT2D eigenvalue weighted by Crippen LogP contribution is 2.42. The maximum atomic E-state index is 14.4. The van der Waals surface area contributed by atoms with Crippen molar-refractivity contribution in [1.82, 2.24) is 29.7 Å². The summed E-state index contributed by atoms with van der Waals surface area (Å²) in [5.74, 6) is -1.12. The van der Waals surface area contributed by atoms with Crippen molar-refractivity contribution in [2.45, 2.75) is 51.2 Å². The number of nitrogens with zero attached hydrogens (tertiary/aromatic N) is 6. The molecule has 0 spiro atoms. The molecule has 11 heteroatoms. The zero-order valence-electron chi connectivity index (χ0n) is 25.1. The molecule has 1 N–H and O–H groups in total. The Labute approximate surface area is 254 Å². The first-order valence-electron chi connectivity index (χ1n) is 15.0. The van der Waals surface area contributed by atoms with Crippen LogP contribution in [0.4, 0.5) is 14.5 Å². The van der Waals surface area contributed by atoms with Crippen molar-refractivity contribution in [3.63, 3.8) is 0 Å². The molecular weight excluding hydrogens is 564 g/mol. The maximum absolute atomic E-state index is 14.4. The molecule has 2 aromatic carbocycles. The van der Waals surface area contributed by atoms with E-state index in [1.165, 1.54) is 24.5 Å². The predicted molar refractivity (Wildman–Crippen MR) is 162 cm³/mol. The second-order valence-electron chi connectivity index (χ2n) is 12.9. The van der Waals surface area contributed by atoms with E-state index < -0.39 is 5.82 Å². The summed E-state index contributed by atoms with van der Waals surface area (Å²) in [7, 11) is 0. The van der Waals surface area contributed by atoms with E-state index in [2.05, 4.69) is 41.1 Å². The number of piperazine rings is 1. The number of rotatable bonds is 6. The zero-order valence-corrected chi connectivity index (χ0v) is 25.1. The van der Waals surface area contributed by atoms with Crippen molar-refractivity contribution in [1.29, 1.82) is 0 Å². The number of nitrogens with one attached hydrogen (secondary N) is 1. The molecule has 228 valence electrons. The Bertz CT molecular complexity index is 1770. The van der Waals surface area contributed by atoms with Crippen LogP contribution in [0, 0.1) is 11.6 Å². The van der Waals surface area contributed by atoms with Gasteiger partial charge in [0.15, 0.2) is 5.65 Å². The Hall–Kier alpha value is -4.22. The fourth-order valence-electron chi connectivity index (χ4n) is 7.04. The minimum Gasteiger partial charge on any atom is -0.333 e. The van der Waals surface area contributed by atoms with E-state index >= 15 is 0 Å². The van der Waals surface area contributed by atoms with Crippen LogP contribution in [0.5, 0.6) is 0 Å². The number of fused-ring (bicyclic) bond motifs is 4. The molecule has 0 radical (unpaired) electrons. The van der Waals surface area contributed by atoms with Crippen molar-refractivity contribution in [2.24, 2.45) is 0 Å². The average Bonchev–Trinajstić information content (AvgIpc) is 3.66. The molecule has 5 heterocycles.